The maximum Gasteiger partial charge on any atom is 0.239 e. The number of benzene rings is 2. The van der Waals surface area contributed by atoms with Crippen molar-refractivity contribution in [3.63, 3.8) is 0 Å². The highest BCUT2D eigenvalue weighted by molar-refractivity contribution is 7.22. The SMILES string of the molecule is Cc1ccc(-c2cc3ncnc(N4CCN[C@H](C(=O)NCc5ccc6scnc6c5)C4)c3s2)cc1F. The summed E-state index contributed by atoms with van der Waals surface area (Å²) in [4.78, 5) is 29.4. The molecule has 1 atom stereocenters. The Labute approximate surface area is 215 Å². The van der Waals surface area contributed by atoms with Crippen LogP contribution in [0.2, 0.25) is 0 Å². The van der Waals surface area contributed by atoms with Gasteiger partial charge in [0.15, 0.2) is 0 Å². The van der Waals surface area contributed by atoms with Crippen LogP contribution in [0.4, 0.5) is 10.2 Å². The smallest absolute Gasteiger partial charge is 0.239 e. The molecular formula is C26H23FN6OS2. The molecule has 36 heavy (non-hydrogen) atoms. The summed E-state index contributed by atoms with van der Waals surface area (Å²) >= 11 is 3.15. The number of carbonyl (C=O) groups excluding carboxylic acids is 1. The van der Waals surface area contributed by atoms with E-state index in [0.29, 0.717) is 25.2 Å². The molecule has 2 N–H and O–H groups in total. The van der Waals surface area contributed by atoms with Crippen LogP contribution in [0.3, 0.4) is 0 Å². The summed E-state index contributed by atoms with van der Waals surface area (Å²) in [5, 5.41) is 6.38. The molecule has 0 unspecified atom stereocenters. The molecule has 5 aromatic rings. The number of amides is 1. The molecule has 3 aromatic heterocycles. The van der Waals surface area contributed by atoms with Crippen molar-refractivity contribution < 1.29 is 9.18 Å². The fraction of sp³-hybridized carbons (Fsp3) is 0.231. The second-order valence-corrected chi connectivity index (χ2v) is 10.7. The quantitative estimate of drug-likeness (QED) is 0.356. The number of fused-ring (bicyclic) bond motifs is 2. The van der Waals surface area contributed by atoms with Crippen LogP contribution in [0.5, 0.6) is 0 Å². The van der Waals surface area contributed by atoms with E-state index in [1.54, 1.807) is 48.1 Å². The number of halogens is 1. The second-order valence-electron chi connectivity index (χ2n) is 8.81. The topological polar surface area (TPSA) is 83.0 Å². The lowest BCUT2D eigenvalue weighted by Gasteiger charge is -2.33. The second kappa shape index (κ2) is 9.53. The lowest BCUT2D eigenvalue weighted by atomic mass is 10.1. The Hall–Kier alpha value is -3.47. The number of thiophene rings is 1. The molecule has 0 spiro atoms. The van der Waals surface area contributed by atoms with E-state index in [1.165, 1.54) is 0 Å². The van der Waals surface area contributed by atoms with Crippen molar-refractivity contribution in [2.45, 2.75) is 19.5 Å². The molecule has 0 bridgehead atoms. The third kappa shape index (κ3) is 4.43. The molecule has 7 nitrogen and oxygen atoms in total. The number of carbonyl (C=O) groups is 1. The zero-order valence-corrected chi connectivity index (χ0v) is 21.1. The van der Waals surface area contributed by atoms with Gasteiger partial charge in [0, 0.05) is 31.1 Å². The Kier molecular flexibility index (Phi) is 6.08. The van der Waals surface area contributed by atoms with Gasteiger partial charge in [0.2, 0.25) is 5.91 Å². The number of hydrogen-bond donors (Lipinski definition) is 2. The molecule has 10 heteroatoms. The van der Waals surface area contributed by atoms with Gasteiger partial charge in [-0.05, 0) is 47.9 Å². The van der Waals surface area contributed by atoms with Crippen molar-refractivity contribution >= 4 is 54.8 Å². The Morgan fingerprint density at radius 3 is 2.97 bits per heavy atom. The standard InChI is InChI=1S/C26H23FN6OS2/c1-15-2-4-17(9-18(15)27)23-10-20-24(36-23)25(31-13-30-20)33-7-6-28-21(12-33)26(34)29-11-16-3-5-22-19(8-16)32-14-35-22/h2-5,8-10,13-14,21,28H,6-7,11-12H2,1H3,(H,29,34)/t21-/m0/s1. The van der Waals surface area contributed by atoms with Gasteiger partial charge in [-0.3, -0.25) is 4.79 Å². The van der Waals surface area contributed by atoms with Crippen molar-refractivity contribution in [3.8, 4) is 10.4 Å². The number of piperazine rings is 1. The van der Waals surface area contributed by atoms with Gasteiger partial charge >= 0.3 is 0 Å². The van der Waals surface area contributed by atoms with E-state index in [2.05, 4.69) is 30.5 Å². The van der Waals surface area contributed by atoms with Crippen molar-refractivity contribution in [2.75, 3.05) is 24.5 Å². The predicted molar refractivity (Wildman–Crippen MR) is 143 cm³/mol. The molecule has 6 rings (SSSR count). The minimum Gasteiger partial charge on any atom is -0.352 e. The van der Waals surface area contributed by atoms with Crippen LogP contribution in [-0.2, 0) is 11.3 Å². The number of anilines is 1. The maximum atomic E-state index is 14.2. The van der Waals surface area contributed by atoms with E-state index in [9.17, 15) is 9.18 Å². The molecule has 1 amide bonds. The van der Waals surface area contributed by atoms with Crippen LogP contribution < -0.4 is 15.5 Å². The first-order chi connectivity index (χ1) is 17.5. The molecular weight excluding hydrogens is 495 g/mol. The number of aromatic nitrogens is 3. The summed E-state index contributed by atoms with van der Waals surface area (Å²) in [5.74, 6) is 0.529. The van der Waals surface area contributed by atoms with Gasteiger partial charge in [-0.2, -0.15) is 0 Å². The van der Waals surface area contributed by atoms with Gasteiger partial charge < -0.3 is 15.5 Å². The molecule has 1 aliphatic rings. The Morgan fingerprint density at radius 2 is 2.08 bits per heavy atom. The van der Waals surface area contributed by atoms with E-state index >= 15 is 0 Å². The first kappa shape index (κ1) is 23.0. The van der Waals surface area contributed by atoms with E-state index in [0.717, 1.165) is 48.8 Å². The Balaban J connectivity index is 1.19. The molecule has 1 saturated heterocycles. The predicted octanol–water partition coefficient (Wildman–Crippen LogP) is 4.51. The van der Waals surface area contributed by atoms with Gasteiger partial charge in [-0.25, -0.2) is 19.3 Å². The zero-order chi connectivity index (χ0) is 24.6. The van der Waals surface area contributed by atoms with Crippen LogP contribution >= 0.6 is 22.7 Å². The summed E-state index contributed by atoms with van der Waals surface area (Å²) in [6, 6.07) is 13.0. The third-order valence-corrected chi connectivity index (χ3v) is 8.38. The Bertz CT molecular complexity index is 1580. The lowest BCUT2D eigenvalue weighted by molar-refractivity contribution is -0.123. The molecule has 0 aliphatic carbocycles. The van der Waals surface area contributed by atoms with Crippen molar-refractivity contribution in [2.24, 2.45) is 0 Å². The number of nitrogens with zero attached hydrogens (tertiary/aromatic N) is 4. The third-order valence-electron chi connectivity index (χ3n) is 6.40. The molecule has 0 saturated carbocycles. The maximum absolute atomic E-state index is 14.2. The monoisotopic (exact) mass is 518 g/mol. The van der Waals surface area contributed by atoms with Crippen molar-refractivity contribution in [3.05, 3.63) is 71.2 Å². The summed E-state index contributed by atoms with van der Waals surface area (Å²) in [5.41, 5.74) is 6.05. The van der Waals surface area contributed by atoms with Crippen molar-refractivity contribution in [1.29, 1.82) is 0 Å². The van der Waals surface area contributed by atoms with Gasteiger partial charge in [-0.1, -0.05) is 18.2 Å². The molecule has 182 valence electrons. The van der Waals surface area contributed by atoms with Crippen LogP contribution in [-0.4, -0.2) is 46.5 Å². The fourth-order valence-corrected chi connectivity index (χ4v) is 6.18. The molecule has 2 aromatic carbocycles. The van der Waals surface area contributed by atoms with E-state index < -0.39 is 0 Å². The summed E-state index contributed by atoms with van der Waals surface area (Å²) in [6.45, 7) is 4.08. The highest BCUT2D eigenvalue weighted by Crippen LogP contribution is 2.37. The van der Waals surface area contributed by atoms with Crippen LogP contribution in [0, 0.1) is 12.7 Å². The van der Waals surface area contributed by atoms with Crippen LogP contribution in [0.15, 0.2) is 54.3 Å². The number of aryl methyl sites for hydroxylation is 1. The van der Waals surface area contributed by atoms with Crippen LogP contribution in [0.1, 0.15) is 11.1 Å². The molecule has 0 radical (unpaired) electrons. The summed E-state index contributed by atoms with van der Waals surface area (Å²) in [6.07, 6.45) is 1.55. The average Bonchev–Trinajstić information content (AvgIpc) is 3.55. The number of thiazole rings is 1. The summed E-state index contributed by atoms with van der Waals surface area (Å²) < 4.78 is 16.2. The fourth-order valence-electron chi connectivity index (χ4n) is 4.40. The number of hydrogen-bond acceptors (Lipinski definition) is 8. The van der Waals surface area contributed by atoms with E-state index in [-0.39, 0.29) is 17.8 Å². The first-order valence-corrected chi connectivity index (χ1v) is 13.3. The molecule has 1 aliphatic heterocycles. The first-order valence-electron chi connectivity index (χ1n) is 11.6. The lowest BCUT2D eigenvalue weighted by Crippen LogP contribution is -2.57. The van der Waals surface area contributed by atoms with Gasteiger partial charge in [-0.15, -0.1) is 22.7 Å². The van der Waals surface area contributed by atoms with Crippen molar-refractivity contribution in [1.82, 2.24) is 25.6 Å². The number of rotatable bonds is 5. The van der Waals surface area contributed by atoms with Gasteiger partial charge in [0.1, 0.15) is 24.0 Å². The number of nitrogens with one attached hydrogen (secondary N) is 2. The average molecular weight is 519 g/mol. The highest BCUT2D eigenvalue weighted by atomic mass is 32.1. The van der Waals surface area contributed by atoms with Gasteiger partial charge in [0.05, 0.1) is 25.9 Å². The molecule has 1 fully saturated rings. The van der Waals surface area contributed by atoms with Crippen LogP contribution in [0.25, 0.3) is 30.9 Å². The normalized spacial score (nSPS) is 16.1. The zero-order valence-electron chi connectivity index (χ0n) is 19.5. The Morgan fingerprint density at radius 1 is 1.17 bits per heavy atom. The van der Waals surface area contributed by atoms with Gasteiger partial charge in [0.25, 0.3) is 0 Å². The van der Waals surface area contributed by atoms with E-state index in [1.807, 2.05) is 35.8 Å². The summed E-state index contributed by atoms with van der Waals surface area (Å²) in [7, 11) is 0. The largest absolute Gasteiger partial charge is 0.352 e. The highest BCUT2D eigenvalue weighted by Gasteiger charge is 2.27. The minimum absolute atomic E-state index is 0.0506. The molecule has 4 heterocycles. The van der Waals surface area contributed by atoms with E-state index in [4.69, 9.17) is 0 Å². The minimum atomic E-state index is -0.364.